The third-order valence-electron chi connectivity index (χ3n) is 9.79. The zero-order valence-electron chi connectivity index (χ0n) is 20.7. The summed E-state index contributed by atoms with van der Waals surface area (Å²) >= 11 is 0. The molecule has 0 bridgehead atoms. The lowest BCUT2D eigenvalue weighted by molar-refractivity contribution is -0.138. The second kappa shape index (κ2) is 8.68. The molecule has 3 aliphatic rings. The summed E-state index contributed by atoms with van der Waals surface area (Å²) in [5.74, 6) is -1.49. The molecule has 0 amide bonds. The van der Waals surface area contributed by atoms with Crippen LogP contribution in [0.1, 0.15) is 86.0 Å². The summed E-state index contributed by atoms with van der Waals surface area (Å²) in [5.41, 5.74) is 0.904. The van der Waals surface area contributed by atoms with Gasteiger partial charge in [0.25, 0.3) is 0 Å². The summed E-state index contributed by atoms with van der Waals surface area (Å²) < 4.78 is 0. The zero-order chi connectivity index (χ0) is 24.9. The molecule has 0 radical (unpaired) electrons. The molecule has 3 aliphatic carbocycles. The normalized spacial score (nSPS) is 39.1. The Morgan fingerprint density at radius 3 is 2.30 bits per heavy atom. The van der Waals surface area contributed by atoms with Crippen LogP contribution in [0.15, 0.2) is 23.3 Å². The number of aliphatic carboxylic acids is 2. The van der Waals surface area contributed by atoms with Crippen molar-refractivity contribution < 1.29 is 29.7 Å². The van der Waals surface area contributed by atoms with E-state index in [9.17, 15) is 24.6 Å². The van der Waals surface area contributed by atoms with E-state index in [-0.39, 0.29) is 47.2 Å². The van der Waals surface area contributed by atoms with Gasteiger partial charge in [-0.05, 0) is 73.2 Å². The molecule has 33 heavy (non-hydrogen) atoms. The first-order chi connectivity index (χ1) is 15.2. The number of ketones is 1. The quantitative estimate of drug-likeness (QED) is 0.439. The number of aliphatic hydroxyl groups excluding tert-OH is 1. The molecular formula is C27H40O6. The SMILES string of the molecule is C=C(C)C1CC(O)C2=C(C(=O)CC3(C)C(C(C)CCC(=O)O)CCC23C)C1(C)CCC(=O)O. The standard InChI is InChI=1S/C27H40O6/c1-15(2)18-13-19(28)24-23(25(18,4)11-10-22(32)33)20(29)14-27(6)17(9-12-26(24,27)5)16(3)7-8-21(30)31/h16-19,28H,1,7-14H2,2-6H3,(H,30,31)(H,32,33). The number of hydrogen-bond donors (Lipinski definition) is 3. The molecule has 3 N–H and O–H groups in total. The Morgan fingerprint density at radius 2 is 1.76 bits per heavy atom. The Kier molecular flexibility index (Phi) is 6.75. The van der Waals surface area contributed by atoms with E-state index in [2.05, 4.69) is 27.4 Å². The number of hydrogen-bond acceptors (Lipinski definition) is 4. The monoisotopic (exact) mass is 460 g/mol. The Hall–Kier alpha value is -1.95. The van der Waals surface area contributed by atoms with Crippen LogP contribution in [-0.4, -0.2) is 39.1 Å². The lowest BCUT2D eigenvalue weighted by Gasteiger charge is -2.58. The molecule has 0 aromatic rings. The van der Waals surface area contributed by atoms with Gasteiger partial charge >= 0.3 is 11.9 Å². The molecule has 7 unspecified atom stereocenters. The fourth-order valence-electron chi connectivity index (χ4n) is 7.89. The maximum absolute atomic E-state index is 13.9. The van der Waals surface area contributed by atoms with Crippen LogP contribution >= 0.6 is 0 Å². The number of rotatable bonds is 8. The van der Waals surface area contributed by atoms with E-state index in [0.717, 1.165) is 24.0 Å². The predicted octanol–water partition coefficient (Wildman–Crippen LogP) is 5.01. The van der Waals surface area contributed by atoms with Gasteiger partial charge in [0, 0.05) is 30.3 Å². The highest BCUT2D eigenvalue weighted by Gasteiger charge is 2.65. The zero-order valence-corrected chi connectivity index (χ0v) is 20.7. The lowest BCUT2D eigenvalue weighted by Crippen LogP contribution is -2.54. The van der Waals surface area contributed by atoms with Gasteiger partial charge in [0.15, 0.2) is 5.78 Å². The lowest BCUT2D eigenvalue weighted by atomic mass is 9.46. The fourth-order valence-corrected chi connectivity index (χ4v) is 7.89. The van der Waals surface area contributed by atoms with Crippen LogP contribution in [0, 0.1) is 34.0 Å². The predicted molar refractivity (Wildman–Crippen MR) is 126 cm³/mol. The van der Waals surface area contributed by atoms with Crippen LogP contribution in [0.2, 0.25) is 0 Å². The molecule has 1 fully saturated rings. The average molecular weight is 461 g/mol. The maximum Gasteiger partial charge on any atom is 0.303 e. The molecule has 0 heterocycles. The van der Waals surface area contributed by atoms with Crippen molar-refractivity contribution in [3.63, 3.8) is 0 Å². The molecule has 0 saturated heterocycles. The van der Waals surface area contributed by atoms with Gasteiger partial charge in [0.1, 0.15) is 0 Å². The van der Waals surface area contributed by atoms with Crippen molar-refractivity contribution in [1.29, 1.82) is 0 Å². The second-order valence-electron chi connectivity index (χ2n) is 11.7. The molecule has 184 valence electrons. The van der Waals surface area contributed by atoms with Gasteiger partial charge in [-0.3, -0.25) is 14.4 Å². The van der Waals surface area contributed by atoms with Crippen LogP contribution in [-0.2, 0) is 14.4 Å². The highest BCUT2D eigenvalue weighted by atomic mass is 16.4. The smallest absolute Gasteiger partial charge is 0.303 e. The summed E-state index contributed by atoms with van der Waals surface area (Å²) in [4.78, 5) is 36.5. The van der Waals surface area contributed by atoms with Crippen LogP contribution in [0.3, 0.4) is 0 Å². The maximum atomic E-state index is 13.9. The Labute approximate surface area is 197 Å². The van der Waals surface area contributed by atoms with Crippen molar-refractivity contribution in [2.45, 2.75) is 92.1 Å². The fraction of sp³-hybridized carbons (Fsp3) is 0.741. The van der Waals surface area contributed by atoms with Crippen LogP contribution in [0.25, 0.3) is 0 Å². The molecule has 6 nitrogen and oxygen atoms in total. The molecule has 1 saturated carbocycles. The molecule has 0 aromatic heterocycles. The molecule has 0 spiro atoms. The minimum atomic E-state index is -0.891. The first-order valence-electron chi connectivity index (χ1n) is 12.2. The van der Waals surface area contributed by atoms with E-state index >= 15 is 0 Å². The van der Waals surface area contributed by atoms with Crippen molar-refractivity contribution in [2.75, 3.05) is 0 Å². The van der Waals surface area contributed by atoms with Crippen molar-refractivity contribution >= 4 is 17.7 Å². The van der Waals surface area contributed by atoms with Gasteiger partial charge in [0.2, 0.25) is 0 Å². The number of carboxylic acids is 2. The van der Waals surface area contributed by atoms with E-state index in [1.165, 1.54) is 0 Å². The van der Waals surface area contributed by atoms with Crippen molar-refractivity contribution in [2.24, 2.45) is 34.0 Å². The minimum Gasteiger partial charge on any atom is -0.481 e. The van der Waals surface area contributed by atoms with Gasteiger partial charge in [0.05, 0.1) is 6.10 Å². The number of fused-ring (bicyclic) bond motifs is 2. The second-order valence-corrected chi connectivity index (χ2v) is 11.7. The van der Waals surface area contributed by atoms with Crippen LogP contribution < -0.4 is 0 Å². The first-order valence-corrected chi connectivity index (χ1v) is 12.2. The Morgan fingerprint density at radius 1 is 1.15 bits per heavy atom. The molecule has 0 aliphatic heterocycles. The van der Waals surface area contributed by atoms with E-state index < -0.39 is 23.5 Å². The topological polar surface area (TPSA) is 112 Å². The number of carbonyl (C=O) groups is 3. The van der Waals surface area contributed by atoms with E-state index in [4.69, 9.17) is 5.11 Å². The Balaban J connectivity index is 2.12. The number of Topliss-reactive ketones (excluding diaryl/α,β-unsaturated/α-hetero) is 1. The van der Waals surface area contributed by atoms with Crippen LogP contribution in [0.5, 0.6) is 0 Å². The number of aliphatic hydroxyl groups is 1. The molecule has 3 rings (SSSR count). The number of carbonyl (C=O) groups excluding carboxylic acids is 1. The molecule has 0 aromatic carbocycles. The van der Waals surface area contributed by atoms with Gasteiger partial charge in [-0.25, -0.2) is 0 Å². The average Bonchev–Trinajstić information content (AvgIpc) is 2.97. The highest BCUT2D eigenvalue weighted by Crippen LogP contribution is 2.70. The highest BCUT2D eigenvalue weighted by molar-refractivity contribution is 6.00. The molecule has 6 heteroatoms. The summed E-state index contributed by atoms with van der Waals surface area (Å²) in [7, 11) is 0. The van der Waals surface area contributed by atoms with E-state index in [1.807, 2.05) is 13.8 Å². The largest absolute Gasteiger partial charge is 0.481 e. The van der Waals surface area contributed by atoms with E-state index in [0.29, 0.717) is 31.3 Å². The summed E-state index contributed by atoms with van der Waals surface area (Å²) in [6.07, 6.45) is 2.74. The third-order valence-corrected chi connectivity index (χ3v) is 9.79. The van der Waals surface area contributed by atoms with Gasteiger partial charge in [-0.15, -0.1) is 0 Å². The van der Waals surface area contributed by atoms with Gasteiger partial charge in [-0.2, -0.15) is 0 Å². The molecule has 7 atom stereocenters. The van der Waals surface area contributed by atoms with Gasteiger partial charge < -0.3 is 15.3 Å². The number of allylic oxidation sites excluding steroid dienone is 2. The first kappa shape index (κ1) is 25.7. The van der Waals surface area contributed by atoms with Gasteiger partial charge in [-0.1, -0.05) is 39.8 Å². The number of carboxylic acid groups (broad SMARTS) is 2. The van der Waals surface area contributed by atoms with E-state index in [1.54, 1.807) is 0 Å². The summed E-state index contributed by atoms with van der Waals surface area (Å²) in [5, 5.41) is 30.0. The summed E-state index contributed by atoms with van der Waals surface area (Å²) in [6, 6.07) is 0. The Bertz CT molecular complexity index is 902. The molecular weight excluding hydrogens is 420 g/mol. The third kappa shape index (κ3) is 3.98. The van der Waals surface area contributed by atoms with Crippen molar-refractivity contribution in [3.05, 3.63) is 23.3 Å². The van der Waals surface area contributed by atoms with Crippen molar-refractivity contribution in [1.82, 2.24) is 0 Å². The summed E-state index contributed by atoms with van der Waals surface area (Å²) in [6.45, 7) is 14.4. The van der Waals surface area contributed by atoms with Crippen molar-refractivity contribution in [3.8, 4) is 0 Å². The minimum absolute atomic E-state index is 0.0141. The van der Waals surface area contributed by atoms with Crippen LogP contribution in [0.4, 0.5) is 0 Å².